The maximum Gasteiger partial charge on any atom is 0.208 e. The van der Waals surface area contributed by atoms with E-state index in [4.69, 9.17) is 5.73 Å². The van der Waals surface area contributed by atoms with E-state index in [0.29, 0.717) is 5.56 Å². The van der Waals surface area contributed by atoms with E-state index >= 15 is 0 Å². The van der Waals surface area contributed by atoms with E-state index in [2.05, 4.69) is 0 Å². The summed E-state index contributed by atoms with van der Waals surface area (Å²) in [6.07, 6.45) is 3.11. The Balaban J connectivity index is 1.87. The molecule has 0 radical (unpaired) electrons. The normalized spacial score (nSPS) is 11.8. The highest BCUT2D eigenvalue weighted by atomic mass is 32.2. The summed E-state index contributed by atoms with van der Waals surface area (Å²) in [5, 5.41) is 0. The number of hydrogen-bond acceptors (Lipinski definition) is 3. The lowest BCUT2D eigenvalue weighted by atomic mass is 10.1. The predicted octanol–water partition coefficient (Wildman–Crippen LogP) is 4.55. The molecule has 0 amide bonds. The second-order valence-electron chi connectivity index (χ2n) is 5.61. The van der Waals surface area contributed by atoms with Gasteiger partial charge in [-0.15, -0.1) is 0 Å². The van der Waals surface area contributed by atoms with Gasteiger partial charge in [-0.1, -0.05) is 36.4 Å². The third-order valence-electron chi connectivity index (χ3n) is 3.82. The zero-order valence-corrected chi connectivity index (χ0v) is 14.4. The third-order valence-corrected chi connectivity index (χ3v) is 5.66. The van der Waals surface area contributed by atoms with Gasteiger partial charge in [0.15, 0.2) is 0 Å². The summed E-state index contributed by atoms with van der Waals surface area (Å²) in [5.74, 6) is -1.31. The minimum atomic E-state index is -3.72. The second kappa shape index (κ2) is 7.09. The SMILES string of the molecule is Nc1ccccc1S(=O)(=O)c1ccc(/C=C/c2ccc(F)cc2F)cc1. The number of sulfone groups is 1. The van der Waals surface area contributed by atoms with Crippen molar-refractivity contribution in [3.8, 4) is 0 Å². The Morgan fingerprint density at radius 1 is 0.846 bits per heavy atom. The highest BCUT2D eigenvalue weighted by Crippen LogP contribution is 2.26. The first-order valence-electron chi connectivity index (χ1n) is 7.71. The van der Waals surface area contributed by atoms with Crippen LogP contribution in [0.4, 0.5) is 14.5 Å². The molecule has 132 valence electrons. The molecule has 0 saturated heterocycles. The molecule has 0 bridgehead atoms. The number of nitrogen functional groups attached to an aromatic ring is 1. The number of hydrogen-bond donors (Lipinski definition) is 1. The zero-order valence-electron chi connectivity index (χ0n) is 13.6. The molecule has 0 aliphatic rings. The quantitative estimate of drug-likeness (QED) is 0.541. The molecule has 3 rings (SSSR count). The van der Waals surface area contributed by atoms with Crippen molar-refractivity contribution in [2.75, 3.05) is 5.73 Å². The fraction of sp³-hybridized carbons (Fsp3) is 0. The molecular formula is C20H15F2NO2S. The van der Waals surface area contributed by atoms with Crippen LogP contribution >= 0.6 is 0 Å². The monoisotopic (exact) mass is 371 g/mol. The number of nitrogens with two attached hydrogens (primary N) is 1. The number of benzene rings is 3. The number of rotatable bonds is 4. The Morgan fingerprint density at radius 2 is 1.54 bits per heavy atom. The van der Waals surface area contributed by atoms with E-state index < -0.39 is 21.5 Å². The Hall–Kier alpha value is -2.99. The molecular weight excluding hydrogens is 356 g/mol. The zero-order chi connectivity index (χ0) is 18.7. The van der Waals surface area contributed by atoms with Crippen LogP contribution in [0.3, 0.4) is 0 Å². The van der Waals surface area contributed by atoms with Gasteiger partial charge in [0, 0.05) is 11.6 Å². The van der Waals surface area contributed by atoms with Crippen molar-refractivity contribution < 1.29 is 17.2 Å². The molecule has 0 aliphatic carbocycles. The van der Waals surface area contributed by atoms with Crippen LogP contribution in [0.5, 0.6) is 0 Å². The lowest BCUT2D eigenvalue weighted by molar-refractivity contribution is 0.581. The average molecular weight is 371 g/mol. The van der Waals surface area contributed by atoms with Crippen LogP contribution in [0.2, 0.25) is 0 Å². The fourth-order valence-corrected chi connectivity index (χ4v) is 3.82. The Labute approximate surface area is 150 Å². The molecule has 0 unspecified atom stereocenters. The van der Waals surface area contributed by atoms with Gasteiger partial charge in [0.25, 0.3) is 0 Å². The van der Waals surface area contributed by atoms with E-state index in [1.54, 1.807) is 30.3 Å². The molecule has 0 aromatic heterocycles. The maximum absolute atomic E-state index is 13.6. The topological polar surface area (TPSA) is 60.2 Å². The minimum Gasteiger partial charge on any atom is -0.398 e. The van der Waals surface area contributed by atoms with Crippen LogP contribution in [0.25, 0.3) is 12.2 Å². The molecule has 0 atom stereocenters. The Bertz CT molecular complexity index is 1080. The smallest absolute Gasteiger partial charge is 0.208 e. The minimum absolute atomic E-state index is 0.0525. The van der Waals surface area contributed by atoms with E-state index in [1.807, 2.05) is 0 Å². The Kier molecular flexibility index (Phi) is 4.86. The molecule has 0 fully saturated rings. The number of anilines is 1. The first kappa shape index (κ1) is 17.8. The molecule has 0 heterocycles. The molecule has 0 spiro atoms. The fourth-order valence-electron chi connectivity index (χ4n) is 2.43. The molecule has 3 nitrogen and oxygen atoms in total. The van der Waals surface area contributed by atoms with Crippen LogP contribution in [-0.4, -0.2) is 8.42 Å². The van der Waals surface area contributed by atoms with Crippen LogP contribution in [-0.2, 0) is 9.84 Å². The summed E-state index contributed by atoms with van der Waals surface area (Å²) in [6.45, 7) is 0. The molecule has 26 heavy (non-hydrogen) atoms. The maximum atomic E-state index is 13.6. The summed E-state index contributed by atoms with van der Waals surface area (Å²) in [4.78, 5) is 0.164. The van der Waals surface area contributed by atoms with Crippen molar-refractivity contribution >= 4 is 27.7 Å². The van der Waals surface area contributed by atoms with Gasteiger partial charge in [0.1, 0.15) is 11.6 Å². The first-order chi connectivity index (χ1) is 12.4. The molecule has 6 heteroatoms. The summed E-state index contributed by atoms with van der Waals surface area (Å²) in [7, 11) is -3.72. The van der Waals surface area contributed by atoms with Crippen molar-refractivity contribution in [2.45, 2.75) is 9.79 Å². The van der Waals surface area contributed by atoms with Crippen LogP contribution in [0.1, 0.15) is 11.1 Å². The highest BCUT2D eigenvalue weighted by molar-refractivity contribution is 7.91. The Morgan fingerprint density at radius 3 is 2.19 bits per heavy atom. The van der Waals surface area contributed by atoms with Gasteiger partial charge in [-0.25, -0.2) is 17.2 Å². The van der Waals surface area contributed by atoms with Gasteiger partial charge < -0.3 is 5.73 Å². The molecule has 3 aromatic carbocycles. The van der Waals surface area contributed by atoms with Gasteiger partial charge in [0.05, 0.1) is 15.5 Å². The summed E-state index contributed by atoms with van der Waals surface area (Å²) in [5.41, 5.74) is 6.85. The van der Waals surface area contributed by atoms with Crippen molar-refractivity contribution in [3.05, 3.63) is 89.5 Å². The standard InChI is InChI=1S/C20H15F2NO2S/c21-16-10-9-15(18(22)13-16)8-5-14-6-11-17(12-7-14)26(24,25)20-4-2-1-3-19(20)23/h1-13H,23H2/b8-5+. The summed E-state index contributed by atoms with van der Waals surface area (Å²) < 4.78 is 51.8. The molecule has 0 saturated carbocycles. The summed E-state index contributed by atoms with van der Waals surface area (Å²) in [6, 6.07) is 15.7. The van der Waals surface area contributed by atoms with Gasteiger partial charge in [-0.05, 0) is 42.0 Å². The lowest BCUT2D eigenvalue weighted by Crippen LogP contribution is -2.05. The van der Waals surface area contributed by atoms with Crippen molar-refractivity contribution in [3.63, 3.8) is 0 Å². The largest absolute Gasteiger partial charge is 0.398 e. The third kappa shape index (κ3) is 3.65. The van der Waals surface area contributed by atoms with Gasteiger partial charge in [-0.3, -0.25) is 0 Å². The van der Waals surface area contributed by atoms with Gasteiger partial charge in [-0.2, -0.15) is 0 Å². The van der Waals surface area contributed by atoms with Gasteiger partial charge in [0.2, 0.25) is 9.84 Å². The average Bonchev–Trinajstić information content (AvgIpc) is 2.61. The van der Waals surface area contributed by atoms with Crippen molar-refractivity contribution in [1.82, 2.24) is 0 Å². The molecule has 3 aromatic rings. The van der Waals surface area contributed by atoms with E-state index in [0.717, 1.165) is 6.07 Å². The first-order valence-corrected chi connectivity index (χ1v) is 9.19. The van der Waals surface area contributed by atoms with E-state index in [1.165, 1.54) is 42.5 Å². The van der Waals surface area contributed by atoms with Crippen LogP contribution < -0.4 is 5.73 Å². The summed E-state index contributed by atoms with van der Waals surface area (Å²) >= 11 is 0. The molecule has 0 aliphatic heterocycles. The van der Waals surface area contributed by atoms with E-state index in [-0.39, 0.29) is 21.0 Å². The van der Waals surface area contributed by atoms with Crippen LogP contribution in [0, 0.1) is 11.6 Å². The molecule has 2 N–H and O–H groups in total. The lowest BCUT2D eigenvalue weighted by Gasteiger charge is -2.07. The van der Waals surface area contributed by atoms with Crippen LogP contribution in [0.15, 0.2) is 76.5 Å². The van der Waals surface area contributed by atoms with Crippen molar-refractivity contribution in [1.29, 1.82) is 0 Å². The predicted molar refractivity (Wildman–Crippen MR) is 98.0 cm³/mol. The number of halogens is 2. The highest BCUT2D eigenvalue weighted by Gasteiger charge is 2.19. The second-order valence-corrected chi connectivity index (χ2v) is 7.53. The van der Waals surface area contributed by atoms with Crippen molar-refractivity contribution in [2.24, 2.45) is 0 Å². The van der Waals surface area contributed by atoms with E-state index in [9.17, 15) is 17.2 Å². The number of para-hydroxylation sites is 1. The van der Waals surface area contributed by atoms with Gasteiger partial charge >= 0.3 is 0 Å².